The maximum Gasteiger partial charge on any atom is 0.112 e. The van der Waals surface area contributed by atoms with Crippen molar-refractivity contribution in [3.8, 4) is 0 Å². The predicted molar refractivity (Wildman–Crippen MR) is 39.6 cm³/mol. The zero-order valence-corrected chi connectivity index (χ0v) is 5.28. The van der Waals surface area contributed by atoms with E-state index >= 15 is 0 Å². The molecule has 1 N–H and O–H groups in total. The minimum Gasteiger partial charge on any atom is -0.197 e. The Balaban J connectivity index is 0.000000500. The second-order valence-electron chi connectivity index (χ2n) is 1.81. The quantitative estimate of drug-likeness (QED) is 0.529. The Kier molecular flexibility index (Phi) is 1.71. The molecule has 3 nitrogen and oxygen atoms in total. The summed E-state index contributed by atoms with van der Waals surface area (Å²) in [5, 5.41) is 10.3. The fourth-order valence-electron chi connectivity index (χ4n) is 0.786. The smallest absolute Gasteiger partial charge is 0.112 e. The van der Waals surface area contributed by atoms with E-state index < -0.39 is 0 Å². The topological polar surface area (TPSA) is 41.6 Å². The molecule has 0 atom stereocenters. The van der Waals surface area contributed by atoms with Crippen LogP contribution in [-0.4, -0.2) is 23.8 Å². The average Bonchev–Trinajstić information content (AvgIpc) is 2.33. The number of para-hydroxylation sites is 2. The lowest BCUT2D eigenvalue weighted by Gasteiger charge is -1.78. The summed E-state index contributed by atoms with van der Waals surface area (Å²) in [5.74, 6) is 0. The molecule has 0 saturated heterocycles. The van der Waals surface area contributed by atoms with Gasteiger partial charge in [0.05, 0.1) is 0 Å². The zero-order valence-electron chi connectivity index (χ0n) is 5.28. The van der Waals surface area contributed by atoms with Crippen molar-refractivity contribution in [2.75, 3.05) is 0 Å². The second-order valence-corrected chi connectivity index (χ2v) is 1.81. The Bertz CT molecular complexity index is 287. The van der Waals surface area contributed by atoms with Crippen molar-refractivity contribution < 1.29 is 0 Å². The molecule has 1 aromatic carbocycles. The van der Waals surface area contributed by atoms with Gasteiger partial charge in [0.25, 0.3) is 0 Å². The third-order valence-corrected chi connectivity index (χ3v) is 1.22. The summed E-state index contributed by atoms with van der Waals surface area (Å²) in [6.45, 7) is 0. The van der Waals surface area contributed by atoms with E-state index in [0.717, 1.165) is 11.0 Å². The molecule has 2 rings (SSSR count). The molecule has 47 valence electrons. The summed E-state index contributed by atoms with van der Waals surface area (Å²) in [4.78, 5) is 0. The minimum atomic E-state index is 0. The third kappa shape index (κ3) is 0.878. The van der Waals surface area contributed by atoms with Crippen LogP contribution < -0.4 is 0 Å². The van der Waals surface area contributed by atoms with E-state index in [1.165, 1.54) is 0 Å². The van der Waals surface area contributed by atoms with Crippen LogP contribution >= 0.6 is 0 Å². The van der Waals surface area contributed by atoms with Crippen LogP contribution in [0.25, 0.3) is 11.0 Å². The Labute approximate surface area is 60.0 Å². The average molecular weight is 130 g/mol. The molecule has 0 bridgehead atoms. The van der Waals surface area contributed by atoms with Gasteiger partial charge in [-0.2, -0.15) is 15.4 Å². The van der Waals surface area contributed by atoms with Crippen LogP contribution in [0.1, 0.15) is 0 Å². The highest BCUT2D eigenvalue weighted by molar-refractivity contribution is 5.75. The highest BCUT2D eigenvalue weighted by Gasteiger charge is 1.90. The number of aromatic nitrogens is 3. The van der Waals surface area contributed by atoms with Gasteiger partial charge in [0, 0.05) is 8.41 Å². The van der Waals surface area contributed by atoms with E-state index in [9.17, 15) is 0 Å². The van der Waals surface area contributed by atoms with Gasteiger partial charge in [-0.1, -0.05) is 12.1 Å². The zero-order chi connectivity index (χ0) is 6.10. The fourth-order valence-corrected chi connectivity index (χ4v) is 0.786. The van der Waals surface area contributed by atoms with E-state index in [0.29, 0.717) is 0 Å². The highest BCUT2D eigenvalue weighted by Crippen LogP contribution is 2.03. The molecular weight excluding hydrogens is 125 g/mol. The first-order valence-electron chi connectivity index (χ1n) is 2.72. The summed E-state index contributed by atoms with van der Waals surface area (Å²) in [6.07, 6.45) is 0. The molecule has 0 saturated carbocycles. The monoisotopic (exact) mass is 130 g/mol. The van der Waals surface area contributed by atoms with Gasteiger partial charge in [-0.05, 0) is 12.1 Å². The predicted octanol–water partition coefficient (Wildman–Crippen LogP) is 0.577. The first kappa shape index (κ1) is 6.80. The lowest BCUT2D eigenvalue weighted by atomic mass is 10.3. The van der Waals surface area contributed by atoms with Crippen molar-refractivity contribution in [3.63, 3.8) is 0 Å². The Morgan fingerprint density at radius 2 is 1.50 bits per heavy atom. The maximum atomic E-state index is 3.88. The number of nitrogens with one attached hydrogen (secondary N) is 1. The molecule has 0 spiro atoms. The van der Waals surface area contributed by atoms with E-state index in [-0.39, 0.29) is 8.41 Å². The summed E-state index contributed by atoms with van der Waals surface area (Å²) >= 11 is 0. The van der Waals surface area contributed by atoms with Crippen molar-refractivity contribution in [3.05, 3.63) is 24.3 Å². The normalized spacial score (nSPS) is 9.20. The first-order valence-corrected chi connectivity index (χ1v) is 2.72. The first-order chi connectivity index (χ1) is 4.47. The van der Waals surface area contributed by atoms with Crippen LogP contribution in [0.4, 0.5) is 0 Å². The van der Waals surface area contributed by atoms with Gasteiger partial charge < -0.3 is 0 Å². The summed E-state index contributed by atoms with van der Waals surface area (Å²) in [6, 6.07) is 7.70. The van der Waals surface area contributed by atoms with Crippen LogP contribution in [-0.2, 0) is 0 Å². The number of nitrogens with zero attached hydrogens (tertiary/aromatic N) is 2. The lowest BCUT2D eigenvalue weighted by Crippen LogP contribution is -1.63. The van der Waals surface area contributed by atoms with Crippen LogP contribution in [0.2, 0.25) is 0 Å². The van der Waals surface area contributed by atoms with Gasteiger partial charge in [0.2, 0.25) is 0 Å². The van der Waals surface area contributed by atoms with Crippen molar-refractivity contribution in [2.24, 2.45) is 0 Å². The molecule has 1 heterocycles. The van der Waals surface area contributed by atoms with Gasteiger partial charge in [0.1, 0.15) is 11.0 Å². The van der Waals surface area contributed by atoms with E-state index in [1.54, 1.807) is 0 Å². The summed E-state index contributed by atoms with van der Waals surface area (Å²) in [5.41, 5.74) is 1.83. The molecular formula is C6H5BN3. The van der Waals surface area contributed by atoms with Crippen LogP contribution in [0.5, 0.6) is 0 Å². The molecule has 0 aliphatic carbocycles. The van der Waals surface area contributed by atoms with Crippen LogP contribution in [0.3, 0.4) is 0 Å². The van der Waals surface area contributed by atoms with Crippen LogP contribution in [0.15, 0.2) is 24.3 Å². The Hall–Kier alpha value is -1.32. The van der Waals surface area contributed by atoms with Gasteiger partial charge in [-0.3, -0.25) is 0 Å². The summed E-state index contributed by atoms with van der Waals surface area (Å²) < 4.78 is 0. The van der Waals surface area contributed by atoms with Gasteiger partial charge in [-0.15, -0.1) is 0 Å². The van der Waals surface area contributed by atoms with Crippen molar-refractivity contribution in [1.82, 2.24) is 15.4 Å². The lowest BCUT2D eigenvalue weighted by molar-refractivity contribution is 0.959. The van der Waals surface area contributed by atoms with E-state index in [1.807, 2.05) is 24.3 Å². The highest BCUT2D eigenvalue weighted by atomic mass is 15.3. The second kappa shape index (κ2) is 2.52. The molecule has 0 aliphatic rings. The number of hydrogen-bond donors (Lipinski definition) is 1. The Morgan fingerprint density at radius 3 is 2.00 bits per heavy atom. The number of aromatic amines is 1. The molecule has 10 heavy (non-hydrogen) atoms. The van der Waals surface area contributed by atoms with Gasteiger partial charge >= 0.3 is 0 Å². The number of H-pyrrole nitrogens is 1. The number of hydrogen-bond acceptors (Lipinski definition) is 2. The summed E-state index contributed by atoms with van der Waals surface area (Å²) in [7, 11) is 0. The molecule has 2 aromatic rings. The van der Waals surface area contributed by atoms with Crippen molar-refractivity contribution >= 4 is 19.4 Å². The van der Waals surface area contributed by atoms with Gasteiger partial charge in [-0.25, -0.2) is 0 Å². The fraction of sp³-hybridized carbons (Fsp3) is 0. The molecule has 1 aromatic heterocycles. The third-order valence-electron chi connectivity index (χ3n) is 1.22. The minimum absolute atomic E-state index is 0. The molecule has 0 fully saturated rings. The van der Waals surface area contributed by atoms with Crippen molar-refractivity contribution in [2.45, 2.75) is 0 Å². The molecule has 0 aliphatic heterocycles. The van der Waals surface area contributed by atoms with E-state index in [4.69, 9.17) is 0 Å². The van der Waals surface area contributed by atoms with Crippen LogP contribution in [0, 0.1) is 0 Å². The molecule has 3 radical (unpaired) electrons. The maximum absolute atomic E-state index is 3.88. The SMILES string of the molecule is [B].c1ccc2n[nH]nc2c1. The molecule has 4 heteroatoms. The largest absolute Gasteiger partial charge is 0.197 e. The number of benzene rings is 1. The van der Waals surface area contributed by atoms with Crippen molar-refractivity contribution in [1.29, 1.82) is 0 Å². The standard InChI is InChI=1S/C6H5N3.B/c1-2-4-6-5(3-1)7-9-8-6;/h1-4H,(H,7,8,9);. The Morgan fingerprint density at radius 1 is 1.00 bits per heavy atom. The number of fused-ring (bicyclic) bond motifs is 1. The van der Waals surface area contributed by atoms with Gasteiger partial charge in [0.15, 0.2) is 0 Å². The molecule has 0 unspecified atom stereocenters. The number of rotatable bonds is 0. The van der Waals surface area contributed by atoms with E-state index in [2.05, 4.69) is 15.4 Å². The molecule has 0 amide bonds.